The van der Waals surface area contributed by atoms with Crippen molar-refractivity contribution in [1.82, 2.24) is 0 Å². The molecule has 3 unspecified atom stereocenters. The van der Waals surface area contributed by atoms with Gasteiger partial charge in [-0.15, -0.1) is 0 Å². The molecule has 0 spiro atoms. The number of allylic oxidation sites excluding steroid dienone is 8. The molecule has 0 saturated carbocycles. The topological polar surface area (TPSA) is 0 Å². The lowest BCUT2D eigenvalue weighted by molar-refractivity contribution is 0.622. The molecule has 0 bridgehead atoms. The normalized spacial score (nSPS) is 15.0. The van der Waals surface area contributed by atoms with Crippen LogP contribution in [0.5, 0.6) is 0 Å². The van der Waals surface area contributed by atoms with E-state index in [1.54, 1.807) is 0 Å². The first-order chi connectivity index (χ1) is 32.6. The third-order valence-electron chi connectivity index (χ3n) is 14.1. The molecule has 0 N–H and O–H groups in total. The summed E-state index contributed by atoms with van der Waals surface area (Å²) in [4.78, 5) is 0. The summed E-state index contributed by atoms with van der Waals surface area (Å²) in [6, 6.07) is 78.9. The maximum Gasteiger partial charge on any atom is 0.0117 e. The highest BCUT2D eigenvalue weighted by Gasteiger charge is 2.26. The zero-order valence-electron chi connectivity index (χ0n) is 38.1. The van der Waals surface area contributed by atoms with E-state index >= 15 is 0 Å². The second-order valence-corrected chi connectivity index (χ2v) is 18.2. The number of benzene rings is 8. The molecule has 8 aromatic carbocycles. The van der Waals surface area contributed by atoms with Gasteiger partial charge in [0.2, 0.25) is 0 Å². The van der Waals surface area contributed by atoms with E-state index in [0.717, 1.165) is 38.5 Å². The number of hydrogen-bond acceptors (Lipinski definition) is 0. The lowest BCUT2D eigenvalue weighted by Gasteiger charge is -2.30. The molecule has 10 rings (SSSR count). The zero-order valence-corrected chi connectivity index (χ0v) is 38.1. The summed E-state index contributed by atoms with van der Waals surface area (Å²) in [6.07, 6.45) is 18.1. The Bertz CT molecular complexity index is 2950. The van der Waals surface area contributed by atoms with E-state index in [4.69, 9.17) is 0 Å². The van der Waals surface area contributed by atoms with Gasteiger partial charge in [0.05, 0.1) is 0 Å². The van der Waals surface area contributed by atoms with Crippen LogP contribution in [0, 0.1) is 0 Å². The van der Waals surface area contributed by atoms with E-state index in [2.05, 4.69) is 250 Å². The fourth-order valence-electron chi connectivity index (χ4n) is 10.3. The summed E-state index contributed by atoms with van der Waals surface area (Å²) < 4.78 is 0. The maximum absolute atomic E-state index is 2.42. The molecule has 0 saturated heterocycles. The van der Waals surface area contributed by atoms with Crippen LogP contribution in [0.15, 0.2) is 248 Å². The van der Waals surface area contributed by atoms with E-state index in [-0.39, 0.29) is 5.92 Å². The summed E-state index contributed by atoms with van der Waals surface area (Å²) >= 11 is 0. The van der Waals surface area contributed by atoms with Crippen LogP contribution in [0.1, 0.15) is 95.7 Å². The van der Waals surface area contributed by atoms with Gasteiger partial charge in [-0.25, -0.2) is 0 Å². The van der Waals surface area contributed by atoms with Crippen molar-refractivity contribution in [2.45, 2.75) is 63.2 Å². The summed E-state index contributed by atoms with van der Waals surface area (Å²) in [5.74, 6) is 0.885. The molecule has 0 radical (unpaired) electrons. The van der Waals surface area contributed by atoms with Crippen LogP contribution < -0.4 is 0 Å². The van der Waals surface area contributed by atoms with Crippen LogP contribution in [-0.4, -0.2) is 0 Å². The summed E-state index contributed by atoms with van der Waals surface area (Å²) in [5.41, 5.74) is 21.3. The molecule has 322 valence electrons. The van der Waals surface area contributed by atoms with Crippen LogP contribution >= 0.6 is 0 Å². The van der Waals surface area contributed by atoms with E-state index < -0.39 is 0 Å². The highest BCUT2D eigenvalue weighted by atomic mass is 14.3. The molecule has 0 aromatic heterocycles. The van der Waals surface area contributed by atoms with Crippen LogP contribution in [0.3, 0.4) is 0 Å². The van der Waals surface area contributed by atoms with Crippen molar-refractivity contribution < 1.29 is 0 Å². The molecule has 66 heavy (non-hydrogen) atoms. The first-order valence-corrected chi connectivity index (χ1v) is 24.0. The van der Waals surface area contributed by atoms with Gasteiger partial charge in [-0.05, 0) is 128 Å². The second-order valence-electron chi connectivity index (χ2n) is 18.2. The smallest absolute Gasteiger partial charge is 0.0117 e. The first-order valence-electron chi connectivity index (χ1n) is 24.0. The quantitative estimate of drug-likeness (QED) is 0.102. The summed E-state index contributed by atoms with van der Waals surface area (Å²) in [7, 11) is 0. The van der Waals surface area contributed by atoms with Crippen LogP contribution in [0.4, 0.5) is 0 Å². The van der Waals surface area contributed by atoms with Crippen LogP contribution in [0.2, 0.25) is 0 Å². The zero-order chi connectivity index (χ0) is 44.5. The minimum Gasteiger partial charge on any atom is -0.0836 e. The third-order valence-corrected chi connectivity index (χ3v) is 14.1. The Morgan fingerprint density at radius 1 is 0.394 bits per heavy atom. The van der Waals surface area contributed by atoms with E-state index in [1.165, 1.54) is 89.0 Å². The van der Waals surface area contributed by atoms with Gasteiger partial charge in [-0.2, -0.15) is 0 Å². The molecule has 0 fully saturated rings. The fraction of sp³-hybridized carbons (Fsp3) is 0.152. The SMILES string of the molecule is CC(c1ccc(-c2ccc(CCC(c3ccc(C4=CCCC=C4)cc3)c3ccc(-c4ccccc4)cc3)cc2)cc1)C(C1=CC=C(c2ccccc2)CC1)c1ccc(-c2ccccc2)cc1. The molecule has 0 heteroatoms. The molecule has 2 aliphatic rings. The van der Waals surface area contributed by atoms with Gasteiger partial charge in [0.1, 0.15) is 0 Å². The van der Waals surface area contributed by atoms with Crippen molar-refractivity contribution in [1.29, 1.82) is 0 Å². The average Bonchev–Trinajstić information content (AvgIpc) is 3.41. The van der Waals surface area contributed by atoms with Gasteiger partial charge in [0, 0.05) is 11.8 Å². The number of hydrogen-bond donors (Lipinski definition) is 0. The Balaban J connectivity index is 0.864. The van der Waals surface area contributed by atoms with Gasteiger partial charge >= 0.3 is 0 Å². The van der Waals surface area contributed by atoms with E-state index in [0.29, 0.717) is 11.8 Å². The van der Waals surface area contributed by atoms with E-state index in [9.17, 15) is 0 Å². The van der Waals surface area contributed by atoms with Gasteiger partial charge in [-0.1, -0.05) is 255 Å². The Hall–Kier alpha value is -7.28. The number of aryl methyl sites for hydroxylation is 1. The predicted molar refractivity (Wildman–Crippen MR) is 281 cm³/mol. The van der Waals surface area contributed by atoms with Crippen molar-refractivity contribution in [2.24, 2.45) is 0 Å². The molecular weight excluding hydrogens is 793 g/mol. The molecular formula is C66H58. The second kappa shape index (κ2) is 20.3. The lowest BCUT2D eigenvalue weighted by atomic mass is 9.74. The standard InChI is InChI=1S/C66H58/c1-48(66(63-43-35-58(36-44-63)53-18-10-4-11-19-53)64-45-37-59(38-46-64)54-20-12-5-13-21-54)50-27-29-60(30-28-50)55-25-22-49(23-26-55)24-47-65(61-39-31-56(32-40-61)51-14-6-2-7-15-51)62-41-33-57(34-42-62)52-16-8-3-9-17-52/h2,4-8,10-23,25-37,39-45,48,65-66H,3,9,24,38,46-47H2,1H3. The Kier molecular flexibility index (Phi) is 13.1. The van der Waals surface area contributed by atoms with Gasteiger partial charge in [0.25, 0.3) is 0 Å². The van der Waals surface area contributed by atoms with Crippen molar-refractivity contribution >= 4 is 11.1 Å². The minimum atomic E-state index is 0.281. The Morgan fingerprint density at radius 2 is 0.848 bits per heavy atom. The minimum absolute atomic E-state index is 0.281. The Morgan fingerprint density at radius 3 is 1.33 bits per heavy atom. The van der Waals surface area contributed by atoms with Crippen molar-refractivity contribution in [3.63, 3.8) is 0 Å². The molecule has 0 heterocycles. The lowest BCUT2D eigenvalue weighted by Crippen LogP contribution is -2.13. The molecule has 0 nitrogen and oxygen atoms in total. The van der Waals surface area contributed by atoms with Crippen molar-refractivity contribution in [2.75, 3.05) is 0 Å². The van der Waals surface area contributed by atoms with Crippen molar-refractivity contribution in [3.8, 4) is 33.4 Å². The highest BCUT2D eigenvalue weighted by Crippen LogP contribution is 2.44. The first kappa shape index (κ1) is 42.7. The van der Waals surface area contributed by atoms with Crippen molar-refractivity contribution in [3.05, 3.63) is 287 Å². The average molecular weight is 851 g/mol. The van der Waals surface area contributed by atoms with Gasteiger partial charge < -0.3 is 0 Å². The number of rotatable bonds is 14. The molecule has 2 aliphatic carbocycles. The Labute approximate surface area is 393 Å². The molecule has 8 aromatic rings. The summed E-state index contributed by atoms with van der Waals surface area (Å²) in [5, 5.41) is 0. The van der Waals surface area contributed by atoms with Gasteiger partial charge in [-0.3, -0.25) is 0 Å². The summed E-state index contributed by atoms with van der Waals surface area (Å²) in [6.45, 7) is 2.42. The van der Waals surface area contributed by atoms with E-state index in [1.807, 2.05) is 0 Å². The van der Waals surface area contributed by atoms with Crippen LogP contribution in [-0.2, 0) is 6.42 Å². The highest BCUT2D eigenvalue weighted by molar-refractivity contribution is 5.75. The molecule has 0 aliphatic heterocycles. The molecule has 3 atom stereocenters. The monoisotopic (exact) mass is 850 g/mol. The fourth-order valence-corrected chi connectivity index (χ4v) is 10.3. The molecule has 0 amide bonds. The van der Waals surface area contributed by atoms with Gasteiger partial charge in [0.15, 0.2) is 0 Å². The predicted octanol–water partition coefficient (Wildman–Crippen LogP) is 17.9. The maximum atomic E-state index is 2.42. The van der Waals surface area contributed by atoms with Crippen LogP contribution in [0.25, 0.3) is 44.5 Å². The largest absolute Gasteiger partial charge is 0.0836 e. The third kappa shape index (κ3) is 9.85.